The minimum absolute atomic E-state index is 0.246. The lowest BCUT2D eigenvalue weighted by Gasteiger charge is -2.21. The number of anilines is 1. The molecule has 1 saturated heterocycles. The Kier molecular flexibility index (Phi) is 4.36. The minimum atomic E-state index is 0.246. The second-order valence-electron chi connectivity index (χ2n) is 4.57. The number of nitrogens with zero attached hydrogens (tertiary/aromatic N) is 2. The van der Waals surface area contributed by atoms with Crippen LogP contribution < -0.4 is 10.1 Å². The standard InChI is InChI=1S/C13H21N3O2/c1-4-17-13-9(2)12(14-8-15-13)16-10(3)11-6-5-7-18-11/h8,10-11H,4-7H2,1-3H3,(H,14,15,16). The number of rotatable bonds is 5. The van der Waals surface area contributed by atoms with Crippen LogP contribution in [0.25, 0.3) is 0 Å². The fourth-order valence-electron chi connectivity index (χ4n) is 2.17. The molecule has 0 amide bonds. The van der Waals surface area contributed by atoms with E-state index in [0.717, 1.165) is 30.8 Å². The molecular weight excluding hydrogens is 230 g/mol. The third-order valence-corrected chi connectivity index (χ3v) is 3.21. The molecule has 2 rings (SSSR count). The van der Waals surface area contributed by atoms with E-state index in [2.05, 4.69) is 22.2 Å². The van der Waals surface area contributed by atoms with Crippen molar-refractivity contribution in [2.45, 2.75) is 45.8 Å². The number of nitrogens with one attached hydrogen (secondary N) is 1. The number of hydrogen-bond donors (Lipinski definition) is 1. The van der Waals surface area contributed by atoms with Crippen LogP contribution in [0.4, 0.5) is 5.82 Å². The van der Waals surface area contributed by atoms with E-state index < -0.39 is 0 Å². The second-order valence-corrected chi connectivity index (χ2v) is 4.57. The van der Waals surface area contributed by atoms with Crippen molar-refractivity contribution in [2.24, 2.45) is 0 Å². The van der Waals surface area contributed by atoms with Gasteiger partial charge >= 0.3 is 0 Å². The van der Waals surface area contributed by atoms with Crippen LogP contribution in [0.2, 0.25) is 0 Å². The zero-order chi connectivity index (χ0) is 13.0. The van der Waals surface area contributed by atoms with Gasteiger partial charge in [0.1, 0.15) is 12.1 Å². The summed E-state index contributed by atoms with van der Waals surface area (Å²) in [4.78, 5) is 8.40. The predicted molar refractivity (Wildman–Crippen MR) is 70.0 cm³/mol. The van der Waals surface area contributed by atoms with Gasteiger partial charge in [0.05, 0.1) is 24.3 Å². The Morgan fingerprint density at radius 2 is 2.39 bits per heavy atom. The molecule has 0 saturated carbocycles. The van der Waals surface area contributed by atoms with Crippen LogP contribution >= 0.6 is 0 Å². The maximum Gasteiger partial charge on any atom is 0.221 e. The summed E-state index contributed by atoms with van der Waals surface area (Å²) < 4.78 is 11.1. The van der Waals surface area contributed by atoms with Gasteiger partial charge in [-0.25, -0.2) is 9.97 Å². The topological polar surface area (TPSA) is 56.3 Å². The molecule has 18 heavy (non-hydrogen) atoms. The van der Waals surface area contributed by atoms with Crippen molar-refractivity contribution in [3.05, 3.63) is 11.9 Å². The van der Waals surface area contributed by atoms with E-state index in [1.165, 1.54) is 6.33 Å². The molecule has 0 bridgehead atoms. The highest BCUT2D eigenvalue weighted by Crippen LogP contribution is 2.23. The average molecular weight is 251 g/mol. The predicted octanol–water partition coefficient (Wildman–Crippen LogP) is 2.16. The summed E-state index contributed by atoms with van der Waals surface area (Å²) in [5.41, 5.74) is 0.948. The van der Waals surface area contributed by atoms with Crippen LogP contribution in [0.5, 0.6) is 5.88 Å². The zero-order valence-electron chi connectivity index (χ0n) is 11.3. The van der Waals surface area contributed by atoms with Crippen molar-refractivity contribution in [2.75, 3.05) is 18.5 Å². The van der Waals surface area contributed by atoms with Crippen molar-refractivity contribution in [3.63, 3.8) is 0 Å². The number of hydrogen-bond acceptors (Lipinski definition) is 5. The summed E-state index contributed by atoms with van der Waals surface area (Å²) >= 11 is 0. The first-order valence-electron chi connectivity index (χ1n) is 6.55. The Balaban J connectivity index is 2.06. The molecule has 1 aliphatic rings. The van der Waals surface area contributed by atoms with Gasteiger partial charge in [-0.05, 0) is 33.6 Å². The van der Waals surface area contributed by atoms with Crippen molar-refractivity contribution in [1.82, 2.24) is 9.97 Å². The maximum atomic E-state index is 5.67. The van der Waals surface area contributed by atoms with Crippen LogP contribution in [0, 0.1) is 6.92 Å². The molecule has 0 radical (unpaired) electrons. The minimum Gasteiger partial charge on any atom is -0.478 e. The van der Waals surface area contributed by atoms with E-state index in [0.29, 0.717) is 12.5 Å². The molecular formula is C13H21N3O2. The largest absolute Gasteiger partial charge is 0.478 e. The third kappa shape index (κ3) is 2.90. The fourth-order valence-corrected chi connectivity index (χ4v) is 2.17. The zero-order valence-corrected chi connectivity index (χ0v) is 11.3. The van der Waals surface area contributed by atoms with E-state index >= 15 is 0 Å². The van der Waals surface area contributed by atoms with E-state index in [4.69, 9.17) is 9.47 Å². The molecule has 2 unspecified atom stereocenters. The van der Waals surface area contributed by atoms with E-state index in [1.807, 2.05) is 13.8 Å². The Labute approximate surface area is 108 Å². The first-order chi connectivity index (χ1) is 8.72. The third-order valence-electron chi connectivity index (χ3n) is 3.21. The van der Waals surface area contributed by atoms with Gasteiger partial charge in [-0.3, -0.25) is 0 Å². The van der Waals surface area contributed by atoms with E-state index in [1.54, 1.807) is 0 Å². The summed E-state index contributed by atoms with van der Waals surface area (Å²) in [6.45, 7) is 7.51. The number of ether oxygens (including phenoxy) is 2. The van der Waals surface area contributed by atoms with Gasteiger partial charge in [-0.15, -0.1) is 0 Å². The highest BCUT2D eigenvalue weighted by molar-refractivity contribution is 5.48. The molecule has 0 aromatic carbocycles. The molecule has 1 aliphatic heterocycles. The van der Waals surface area contributed by atoms with Crippen molar-refractivity contribution < 1.29 is 9.47 Å². The Morgan fingerprint density at radius 1 is 1.56 bits per heavy atom. The van der Waals surface area contributed by atoms with E-state index in [-0.39, 0.29) is 12.1 Å². The smallest absolute Gasteiger partial charge is 0.221 e. The molecule has 0 aliphatic carbocycles. The molecule has 1 aromatic rings. The Morgan fingerprint density at radius 3 is 3.06 bits per heavy atom. The van der Waals surface area contributed by atoms with Gasteiger partial charge in [-0.1, -0.05) is 0 Å². The van der Waals surface area contributed by atoms with Crippen LogP contribution in [-0.2, 0) is 4.74 Å². The fraction of sp³-hybridized carbons (Fsp3) is 0.692. The van der Waals surface area contributed by atoms with Gasteiger partial charge in [0, 0.05) is 6.61 Å². The lowest BCUT2D eigenvalue weighted by atomic mass is 10.1. The second kappa shape index (κ2) is 6.00. The maximum absolute atomic E-state index is 5.67. The van der Waals surface area contributed by atoms with Gasteiger partial charge in [0.2, 0.25) is 5.88 Å². The molecule has 2 atom stereocenters. The SMILES string of the molecule is CCOc1ncnc(NC(C)C2CCCO2)c1C. The quantitative estimate of drug-likeness (QED) is 0.869. The van der Waals surface area contributed by atoms with E-state index in [9.17, 15) is 0 Å². The lowest BCUT2D eigenvalue weighted by molar-refractivity contribution is 0.0995. The van der Waals surface area contributed by atoms with Gasteiger partial charge < -0.3 is 14.8 Å². The first kappa shape index (κ1) is 13.1. The van der Waals surface area contributed by atoms with Crippen LogP contribution in [0.15, 0.2) is 6.33 Å². The summed E-state index contributed by atoms with van der Waals surface area (Å²) in [6.07, 6.45) is 4.05. The molecule has 5 nitrogen and oxygen atoms in total. The average Bonchev–Trinajstić information content (AvgIpc) is 2.88. The summed E-state index contributed by atoms with van der Waals surface area (Å²) in [7, 11) is 0. The lowest BCUT2D eigenvalue weighted by Crippen LogP contribution is -2.30. The summed E-state index contributed by atoms with van der Waals surface area (Å²) in [6, 6.07) is 0.246. The van der Waals surface area contributed by atoms with Crippen LogP contribution in [0.3, 0.4) is 0 Å². The highest BCUT2D eigenvalue weighted by atomic mass is 16.5. The number of aromatic nitrogens is 2. The molecule has 1 fully saturated rings. The van der Waals surface area contributed by atoms with Crippen molar-refractivity contribution >= 4 is 5.82 Å². The van der Waals surface area contributed by atoms with Gasteiger partial charge in [0.25, 0.3) is 0 Å². The summed E-state index contributed by atoms with van der Waals surface area (Å²) in [5, 5.41) is 3.39. The highest BCUT2D eigenvalue weighted by Gasteiger charge is 2.23. The monoisotopic (exact) mass is 251 g/mol. The van der Waals surface area contributed by atoms with Crippen molar-refractivity contribution in [1.29, 1.82) is 0 Å². The molecule has 0 spiro atoms. The molecule has 100 valence electrons. The summed E-state index contributed by atoms with van der Waals surface area (Å²) in [5.74, 6) is 1.48. The first-order valence-corrected chi connectivity index (χ1v) is 6.55. The molecule has 2 heterocycles. The Hall–Kier alpha value is -1.36. The van der Waals surface area contributed by atoms with Crippen LogP contribution in [0.1, 0.15) is 32.3 Å². The van der Waals surface area contributed by atoms with Gasteiger partial charge in [0.15, 0.2) is 0 Å². The molecule has 1 N–H and O–H groups in total. The normalized spacial score (nSPS) is 20.7. The Bertz CT molecular complexity index is 392. The molecule has 1 aromatic heterocycles. The van der Waals surface area contributed by atoms with Crippen LogP contribution in [-0.4, -0.2) is 35.3 Å². The molecule has 5 heteroatoms. The van der Waals surface area contributed by atoms with Crippen molar-refractivity contribution in [3.8, 4) is 5.88 Å². The van der Waals surface area contributed by atoms with Gasteiger partial charge in [-0.2, -0.15) is 0 Å².